The van der Waals surface area contributed by atoms with Crippen LogP contribution in [0.4, 0.5) is 15.8 Å². The number of hydrazone groups is 1. The molecule has 116 valence electrons. The van der Waals surface area contributed by atoms with Crippen molar-refractivity contribution in [3.05, 3.63) is 59.4 Å². The summed E-state index contributed by atoms with van der Waals surface area (Å²) >= 11 is 0. The molecule has 0 saturated carbocycles. The van der Waals surface area contributed by atoms with Crippen LogP contribution >= 0.6 is 0 Å². The lowest BCUT2D eigenvalue weighted by Crippen LogP contribution is -2.20. The van der Waals surface area contributed by atoms with E-state index in [0.29, 0.717) is 5.69 Å². The molecule has 0 atom stereocenters. The van der Waals surface area contributed by atoms with Gasteiger partial charge in [0.25, 0.3) is 0 Å². The SMILES string of the molecule is CCCN(/N=C(\C)c1cc(C)ccc1N)c1ccc(F)cc1. The number of nitrogen functional groups attached to an aromatic ring is 1. The molecule has 0 aliphatic carbocycles. The zero-order valence-corrected chi connectivity index (χ0v) is 13.3. The largest absolute Gasteiger partial charge is 0.398 e. The topological polar surface area (TPSA) is 41.6 Å². The normalized spacial score (nSPS) is 11.5. The fraction of sp³-hybridized carbons (Fsp3) is 0.278. The fourth-order valence-electron chi connectivity index (χ4n) is 2.28. The quantitative estimate of drug-likeness (QED) is 0.506. The zero-order chi connectivity index (χ0) is 16.1. The predicted octanol–water partition coefficient (Wildman–Crippen LogP) is 4.36. The highest BCUT2D eigenvalue weighted by molar-refractivity contribution is 6.03. The van der Waals surface area contributed by atoms with Crippen molar-refractivity contribution in [1.29, 1.82) is 0 Å². The van der Waals surface area contributed by atoms with Crippen molar-refractivity contribution < 1.29 is 4.39 Å². The monoisotopic (exact) mass is 299 g/mol. The molecule has 0 amide bonds. The van der Waals surface area contributed by atoms with Gasteiger partial charge in [0.2, 0.25) is 0 Å². The van der Waals surface area contributed by atoms with Gasteiger partial charge in [-0.3, -0.25) is 5.01 Å². The van der Waals surface area contributed by atoms with E-state index < -0.39 is 0 Å². The average molecular weight is 299 g/mol. The third-order valence-electron chi connectivity index (χ3n) is 3.43. The van der Waals surface area contributed by atoms with E-state index in [2.05, 4.69) is 12.0 Å². The van der Waals surface area contributed by atoms with Crippen LogP contribution in [0.1, 0.15) is 31.4 Å². The van der Waals surface area contributed by atoms with Gasteiger partial charge in [-0.05, 0) is 56.7 Å². The summed E-state index contributed by atoms with van der Waals surface area (Å²) in [6, 6.07) is 12.3. The highest BCUT2D eigenvalue weighted by Crippen LogP contribution is 2.19. The van der Waals surface area contributed by atoms with E-state index >= 15 is 0 Å². The van der Waals surface area contributed by atoms with Gasteiger partial charge in [-0.2, -0.15) is 5.10 Å². The van der Waals surface area contributed by atoms with E-state index in [9.17, 15) is 4.39 Å². The Kier molecular flexibility index (Phi) is 5.15. The molecule has 2 N–H and O–H groups in total. The van der Waals surface area contributed by atoms with Crippen LogP contribution in [0.25, 0.3) is 0 Å². The summed E-state index contributed by atoms with van der Waals surface area (Å²) < 4.78 is 13.1. The number of aryl methyl sites for hydroxylation is 1. The maximum absolute atomic E-state index is 13.1. The van der Waals surface area contributed by atoms with Crippen molar-refractivity contribution in [2.75, 3.05) is 17.3 Å². The number of halogens is 1. The first kappa shape index (κ1) is 16.0. The second kappa shape index (κ2) is 7.07. The van der Waals surface area contributed by atoms with Gasteiger partial charge in [0.15, 0.2) is 0 Å². The van der Waals surface area contributed by atoms with Crippen LogP contribution in [0.5, 0.6) is 0 Å². The molecule has 0 radical (unpaired) electrons. The molecule has 0 aliphatic heterocycles. The lowest BCUT2D eigenvalue weighted by molar-refractivity contribution is 0.627. The highest BCUT2D eigenvalue weighted by atomic mass is 19.1. The summed E-state index contributed by atoms with van der Waals surface area (Å²) in [5, 5.41) is 6.57. The Morgan fingerprint density at radius 1 is 1.18 bits per heavy atom. The van der Waals surface area contributed by atoms with Gasteiger partial charge >= 0.3 is 0 Å². The maximum atomic E-state index is 13.1. The molecule has 4 heteroatoms. The van der Waals surface area contributed by atoms with Crippen molar-refractivity contribution in [2.24, 2.45) is 5.10 Å². The minimum absolute atomic E-state index is 0.246. The Labute approximate surface area is 131 Å². The number of nitrogens with two attached hydrogens (primary N) is 1. The number of rotatable bonds is 5. The number of hydrogen-bond acceptors (Lipinski definition) is 3. The molecule has 0 heterocycles. The molecule has 0 bridgehead atoms. The van der Waals surface area contributed by atoms with Crippen LogP contribution in [0.15, 0.2) is 47.6 Å². The first-order chi connectivity index (χ1) is 10.5. The number of anilines is 2. The molecule has 0 aromatic heterocycles. The van der Waals surface area contributed by atoms with Crippen molar-refractivity contribution in [1.82, 2.24) is 0 Å². The molecule has 0 unspecified atom stereocenters. The van der Waals surface area contributed by atoms with E-state index in [-0.39, 0.29) is 5.82 Å². The Morgan fingerprint density at radius 3 is 2.50 bits per heavy atom. The Balaban J connectivity index is 2.36. The lowest BCUT2D eigenvalue weighted by Gasteiger charge is -2.20. The van der Waals surface area contributed by atoms with E-state index in [0.717, 1.165) is 35.5 Å². The van der Waals surface area contributed by atoms with E-state index in [1.807, 2.05) is 37.1 Å². The maximum Gasteiger partial charge on any atom is 0.123 e. The Hall–Kier alpha value is -2.36. The minimum atomic E-state index is -0.246. The Morgan fingerprint density at radius 2 is 1.86 bits per heavy atom. The summed E-state index contributed by atoms with van der Waals surface area (Å²) in [6.07, 6.45) is 0.942. The third-order valence-corrected chi connectivity index (χ3v) is 3.43. The highest BCUT2D eigenvalue weighted by Gasteiger charge is 2.08. The molecule has 0 aliphatic rings. The summed E-state index contributed by atoms with van der Waals surface area (Å²) in [6.45, 7) is 6.81. The first-order valence-electron chi connectivity index (χ1n) is 7.46. The second-order valence-corrected chi connectivity index (χ2v) is 5.38. The van der Waals surface area contributed by atoms with Crippen LogP contribution in [0.2, 0.25) is 0 Å². The minimum Gasteiger partial charge on any atom is -0.398 e. The number of benzene rings is 2. The first-order valence-corrected chi connectivity index (χ1v) is 7.46. The van der Waals surface area contributed by atoms with Crippen LogP contribution in [-0.4, -0.2) is 12.3 Å². The number of nitrogens with zero attached hydrogens (tertiary/aromatic N) is 2. The summed E-state index contributed by atoms with van der Waals surface area (Å²) in [5.74, 6) is -0.246. The lowest BCUT2D eigenvalue weighted by atomic mass is 10.1. The molecule has 2 aromatic carbocycles. The van der Waals surface area contributed by atoms with Crippen LogP contribution < -0.4 is 10.7 Å². The van der Waals surface area contributed by atoms with Crippen LogP contribution in [0, 0.1) is 12.7 Å². The molecule has 22 heavy (non-hydrogen) atoms. The van der Waals surface area contributed by atoms with Crippen LogP contribution in [0.3, 0.4) is 0 Å². The van der Waals surface area contributed by atoms with Crippen molar-refractivity contribution in [3.8, 4) is 0 Å². The smallest absolute Gasteiger partial charge is 0.123 e. The zero-order valence-electron chi connectivity index (χ0n) is 13.3. The van der Waals surface area contributed by atoms with E-state index in [4.69, 9.17) is 5.73 Å². The molecular weight excluding hydrogens is 277 g/mol. The standard InChI is InChI=1S/C18H22FN3/c1-4-11-22(16-8-6-15(19)7-9-16)21-14(3)17-12-13(2)5-10-18(17)20/h5-10,12H,4,11,20H2,1-3H3/b21-14+. The predicted molar refractivity (Wildman–Crippen MR) is 91.8 cm³/mol. The van der Waals surface area contributed by atoms with Gasteiger partial charge in [-0.25, -0.2) is 4.39 Å². The summed E-state index contributed by atoms with van der Waals surface area (Å²) in [5.41, 5.74) is 10.6. The molecule has 0 fully saturated rings. The molecule has 0 spiro atoms. The van der Waals surface area contributed by atoms with Crippen molar-refractivity contribution >= 4 is 17.1 Å². The van der Waals surface area contributed by atoms with Crippen LogP contribution in [-0.2, 0) is 0 Å². The van der Waals surface area contributed by atoms with Gasteiger partial charge < -0.3 is 5.73 Å². The fourth-order valence-corrected chi connectivity index (χ4v) is 2.28. The van der Waals surface area contributed by atoms with Crippen molar-refractivity contribution in [2.45, 2.75) is 27.2 Å². The molecule has 3 nitrogen and oxygen atoms in total. The molecular formula is C18H22FN3. The Bertz CT molecular complexity index is 663. The summed E-state index contributed by atoms with van der Waals surface area (Å²) in [4.78, 5) is 0. The van der Waals surface area contributed by atoms with Gasteiger partial charge in [-0.15, -0.1) is 0 Å². The van der Waals surface area contributed by atoms with Gasteiger partial charge in [-0.1, -0.05) is 18.6 Å². The van der Waals surface area contributed by atoms with E-state index in [1.165, 1.54) is 12.1 Å². The average Bonchev–Trinajstić information content (AvgIpc) is 2.50. The molecule has 2 rings (SSSR count). The molecule has 2 aromatic rings. The van der Waals surface area contributed by atoms with Gasteiger partial charge in [0.1, 0.15) is 5.82 Å². The third kappa shape index (κ3) is 3.85. The number of hydrogen-bond donors (Lipinski definition) is 1. The van der Waals surface area contributed by atoms with Crippen molar-refractivity contribution in [3.63, 3.8) is 0 Å². The van der Waals surface area contributed by atoms with Gasteiger partial charge in [0, 0.05) is 17.8 Å². The van der Waals surface area contributed by atoms with Gasteiger partial charge in [0.05, 0.1) is 11.4 Å². The second-order valence-electron chi connectivity index (χ2n) is 5.38. The molecule has 0 saturated heterocycles. The van der Waals surface area contributed by atoms with E-state index in [1.54, 1.807) is 12.1 Å². The summed E-state index contributed by atoms with van der Waals surface area (Å²) in [7, 11) is 0.